The summed E-state index contributed by atoms with van der Waals surface area (Å²) in [5, 5.41) is 6.39. The SMILES string of the molecule is CCNC(=NCc1ccccc1OCC(F)(F)F)NCC1(C(=O)N(C)C)CCCC1.I. The highest BCUT2D eigenvalue weighted by Gasteiger charge is 2.42. The summed E-state index contributed by atoms with van der Waals surface area (Å²) in [7, 11) is 3.53. The van der Waals surface area contributed by atoms with E-state index >= 15 is 0 Å². The predicted octanol–water partition coefficient (Wildman–Crippen LogP) is 3.95. The van der Waals surface area contributed by atoms with Crippen LogP contribution in [0.15, 0.2) is 29.3 Å². The third-order valence-electron chi connectivity index (χ3n) is 5.13. The quantitative estimate of drug-likeness (QED) is 0.289. The average molecular weight is 556 g/mol. The molecule has 0 aliphatic heterocycles. The number of amides is 1. The lowest BCUT2D eigenvalue weighted by molar-refractivity contribution is -0.153. The van der Waals surface area contributed by atoms with Gasteiger partial charge in [0, 0.05) is 32.7 Å². The van der Waals surface area contributed by atoms with Gasteiger partial charge in [-0.25, -0.2) is 4.99 Å². The predicted molar refractivity (Wildman–Crippen MR) is 126 cm³/mol. The third kappa shape index (κ3) is 8.38. The van der Waals surface area contributed by atoms with Crippen molar-refractivity contribution in [2.24, 2.45) is 10.4 Å². The first kappa shape index (κ1) is 27.3. The molecular weight excluding hydrogens is 524 g/mol. The van der Waals surface area contributed by atoms with Gasteiger partial charge in [-0.3, -0.25) is 4.79 Å². The van der Waals surface area contributed by atoms with Crippen LogP contribution < -0.4 is 15.4 Å². The lowest BCUT2D eigenvalue weighted by Crippen LogP contribution is -2.49. The van der Waals surface area contributed by atoms with Crippen LogP contribution in [0.25, 0.3) is 0 Å². The monoisotopic (exact) mass is 556 g/mol. The van der Waals surface area contributed by atoms with Gasteiger partial charge in [0.25, 0.3) is 0 Å². The maximum absolute atomic E-state index is 12.7. The van der Waals surface area contributed by atoms with Crippen LogP contribution in [0.1, 0.15) is 38.2 Å². The smallest absolute Gasteiger partial charge is 0.422 e. The van der Waals surface area contributed by atoms with E-state index in [1.165, 1.54) is 6.07 Å². The van der Waals surface area contributed by atoms with Crippen LogP contribution in [0.3, 0.4) is 0 Å². The highest BCUT2D eigenvalue weighted by molar-refractivity contribution is 14.0. The summed E-state index contributed by atoms with van der Waals surface area (Å²) in [6, 6.07) is 6.54. The molecule has 6 nitrogen and oxygen atoms in total. The number of carbonyl (C=O) groups excluding carboxylic acids is 1. The maximum Gasteiger partial charge on any atom is 0.422 e. The highest BCUT2D eigenvalue weighted by atomic mass is 127. The van der Waals surface area contributed by atoms with Gasteiger partial charge in [-0.1, -0.05) is 31.0 Å². The summed E-state index contributed by atoms with van der Waals surface area (Å²) in [5.74, 6) is 0.777. The molecule has 1 aromatic carbocycles. The molecular formula is C21H32F3IN4O2. The van der Waals surface area contributed by atoms with Gasteiger partial charge in [-0.2, -0.15) is 13.2 Å². The molecule has 0 saturated heterocycles. The molecule has 1 aliphatic rings. The molecule has 1 aliphatic carbocycles. The molecule has 2 rings (SSSR count). The molecule has 0 spiro atoms. The van der Waals surface area contributed by atoms with E-state index in [0.29, 0.717) is 24.6 Å². The van der Waals surface area contributed by atoms with Crippen LogP contribution in [-0.4, -0.2) is 56.7 Å². The van der Waals surface area contributed by atoms with Gasteiger partial charge < -0.3 is 20.3 Å². The van der Waals surface area contributed by atoms with Gasteiger partial charge in [0.1, 0.15) is 5.75 Å². The van der Waals surface area contributed by atoms with Gasteiger partial charge in [-0.15, -0.1) is 24.0 Å². The van der Waals surface area contributed by atoms with Gasteiger partial charge in [0.2, 0.25) is 5.91 Å². The van der Waals surface area contributed by atoms with Crippen LogP contribution in [-0.2, 0) is 11.3 Å². The van der Waals surface area contributed by atoms with Gasteiger partial charge in [0.05, 0.1) is 12.0 Å². The number of para-hydroxylation sites is 1. The minimum atomic E-state index is -4.40. The van der Waals surface area contributed by atoms with Crippen LogP contribution in [0, 0.1) is 5.41 Å². The number of guanidine groups is 1. The van der Waals surface area contributed by atoms with Crippen molar-refractivity contribution < 1.29 is 22.7 Å². The Morgan fingerprint density at radius 2 is 1.84 bits per heavy atom. The number of hydrogen-bond donors (Lipinski definition) is 2. The van der Waals surface area contributed by atoms with E-state index < -0.39 is 18.2 Å². The Hall–Kier alpha value is -1.72. The summed E-state index contributed by atoms with van der Waals surface area (Å²) >= 11 is 0. The summed E-state index contributed by atoms with van der Waals surface area (Å²) in [4.78, 5) is 18.9. The number of ether oxygens (including phenoxy) is 1. The van der Waals surface area contributed by atoms with E-state index in [-0.39, 0.29) is 42.2 Å². The molecule has 0 atom stereocenters. The summed E-state index contributed by atoms with van der Waals surface area (Å²) in [6.07, 6.45) is -0.728. The minimum absolute atomic E-state index is 0. The Morgan fingerprint density at radius 1 is 1.19 bits per heavy atom. The van der Waals surface area contributed by atoms with Crippen LogP contribution in [0.2, 0.25) is 0 Å². The molecule has 176 valence electrons. The standard InChI is InChI=1S/C21H31F3N4O2.HI/c1-4-25-19(27-14-20(11-7-8-12-20)18(29)28(2)3)26-13-16-9-5-6-10-17(16)30-15-21(22,23)24;/h5-6,9-10H,4,7-8,11-15H2,1-3H3,(H2,25,26,27);1H. The number of alkyl halides is 3. The Morgan fingerprint density at radius 3 is 2.42 bits per heavy atom. The molecule has 0 heterocycles. The second kappa shape index (κ2) is 12.4. The molecule has 1 amide bonds. The summed E-state index contributed by atoms with van der Waals surface area (Å²) in [5.41, 5.74) is 0.104. The van der Waals surface area contributed by atoms with Crippen molar-refractivity contribution in [3.63, 3.8) is 0 Å². The largest absolute Gasteiger partial charge is 0.484 e. The molecule has 0 bridgehead atoms. The molecule has 0 radical (unpaired) electrons. The average Bonchev–Trinajstić information content (AvgIpc) is 3.18. The number of hydrogen-bond acceptors (Lipinski definition) is 3. The Balaban J connectivity index is 0.00000480. The molecule has 2 N–H and O–H groups in total. The number of aliphatic imine (C=N–C) groups is 1. The van der Waals surface area contributed by atoms with Crippen LogP contribution in [0.4, 0.5) is 13.2 Å². The van der Waals surface area contributed by atoms with E-state index in [4.69, 9.17) is 4.74 Å². The number of halogens is 4. The zero-order chi connectivity index (χ0) is 22.2. The van der Waals surface area contributed by atoms with E-state index in [1.807, 2.05) is 6.92 Å². The zero-order valence-electron chi connectivity index (χ0n) is 18.2. The van der Waals surface area contributed by atoms with Crippen LogP contribution in [0.5, 0.6) is 5.75 Å². The van der Waals surface area contributed by atoms with Crippen molar-refractivity contribution >= 4 is 35.8 Å². The molecule has 0 aromatic heterocycles. The maximum atomic E-state index is 12.7. The first-order chi connectivity index (χ1) is 14.2. The number of rotatable bonds is 8. The topological polar surface area (TPSA) is 66.0 Å². The fraction of sp³-hybridized carbons (Fsp3) is 0.619. The fourth-order valence-electron chi connectivity index (χ4n) is 3.69. The second-order valence-corrected chi connectivity index (χ2v) is 7.75. The fourth-order valence-corrected chi connectivity index (χ4v) is 3.69. The van der Waals surface area contributed by atoms with E-state index in [2.05, 4.69) is 15.6 Å². The number of nitrogens with zero attached hydrogens (tertiary/aromatic N) is 2. The molecule has 0 unspecified atom stereocenters. The van der Waals surface area contributed by atoms with E-state index in [1.54, 1.807) is 37.2 Å². The molecule has 31 heavy (non-hydrogen) atoms. The van der Waals surface area contributed by atoms with Crippen molar-refractivity contribution in [2.75, 3.05) is 33.8 Å². The lowest BCUT2D eigenvalue weighted by Gasteiger charge is -2.31. The molecule has 10 heteroatoms. The summed E-state index contributed by atoms with van der Waals surface area (Å²) in [6.45, 7) is 1.81. The molecule has 1 aromatic rings. The Kier molecular flexibility index (Phi) is 10.9. The number of nitrogens with one attached hydrogen (secondary N) is 2. The summed E-state index contributed by atoms with van der Waals surface area (Å²) < 4.78 is 42.4. The molecule has 1 fully saturated rings. The van der Waals surface area contributed by atoms with E-state index in [9.17, 15) is 18.0 Å². The van der Waals surface area contributed by atoms with Crippen molar-refractivity contribution in [3.05, 3.63) is 29.8 Å². The first-order valence-corrected chi connectivity index (χ1v) is 10.2. The number of carbonyl (C=O) groups is 1. The Bertz CT molecular complexity index is 736. The lowest BCUT2D eigenvalue weighted by atomic mass is 9.84. The number of benzene rings is 1. The van der Waals surface area contributed by atoms with Gasteiger partial charge in [-0.05, 0) is 25.8 Å². The first-order valence-electron chi connectivity index (χ1n) is 10.2. The highest BCUT2D eigenvalue weighted by Crippen LogP contribution is 2.38. The van der Waals surface area contributed by atoms with Crippen molar-refractivity contribution in [1.82, 2.24) is 15.5 Å². The second-order valence-electron chi connectivity index (χ2n) is 7.75. The third-order valence-corrected chi connectivity index (χ3v) is 5.13. The van der Waals surface area contributed by atoms with Crippen molar-refractivity contribution in [2.45, 2.75) is 45.3 Å². The molecule has 1 saturated carbocycles. The van der Waals surface area contributed by atoms with Crippen molar-refractivity contribution in [3.8, 4) is 5.75 Å². The minimum Gasteiger partial charge on any atom is -0.484 e. The van der Waals surface area contributed by atoms with Crippen LogP contribution >= 0.6 is 24.0 Å². The normalized spacial score (nSPS) is 15.7. The van der Waals surface area contributed by atoms with Gasteiger partial charge in [0.15, 0.2) is 12.6 Å². The van der Waals surface area contributed by atoms with Gasteiger partial charge >= 0.3 is 6.18 Å². The van der Waals surface area contributed by atoms with Crippen molar-refractivity contribution in [1.29, 1.82) is 0 Å². The van der Waals surface area contributed by atoms with E-state index in [0.717, 1.165) is 25.7 Å². The Labute approximate surface area is 199 Å². The zero-order valence-corrected chi connectivity index (χ0v) is 20.5.